The monoisotopic (exact) mass is 253 g/mol. The van der Waals surface area contributed by atoms with E-state index in [4.69, 9.17) is 4.74 Å². The van der Waals surface area contributed by atoms with Gasteiger partial charge in [-0.3, -0.25) is 9.59 Å². The van der Waals surface area contributed by atoms with Crippen molar-refractivity contribution >= 4 is 11.7 Å². The lowest BCUT2D eigenvalue weighted by Crippen LogP contribution is -2.33. The van der Waals surface area contributed by atoms with Crippen molar-refractivity contribution in [1.82, 2.24) is 5.32 Å². The number of hydrogen-bond acceptors (Lipinski definition) is 3. The highest BCUT2D eigenvalue weighted by Crippen LogP contribution is 2.31. The summed E-state index contributed by atoms with van der Waals surface area (Å²) in [5.74, 6) is 1.22. The maximum atomic E-state index is 11.6. The molecular weight excluding hydrogens is 230 g/mol. The van der Waals surface area contributed by atoms with E-state index in [1.165, 1.54) is 0 Å². The number of amides is 1. The highest BCUT2D eigenvalue weighted by Gasteiger charge is 2.28. The molecule has 1 saturated heterocycles. The fourth-order valence-electron chi connectivity index (χ4n) is 2.35. The Morgan fingerprint density at radius 2 is 2.00 bits per heavy atom. The van der Waals surface area contributed by atoms with Crippen molar-refractivity contribution in [3.8, 4) is 0 Å². The number of carbonyl (C=O) groups excluding carboxylic acids is 2. The smallest absolute Gasteiger partial charge is 0.220 e. The molecule has 18 heavy (non-hydrogen) atoms. The lowest BCUT2D eigenvalue weighted by Gasteiger charge is -2.22. The van der Waals surface area contributed by atoms with Crippen molar-refractivity contribution in [1.29, 1.82) is 0 Å². The van der Waals surface area contributed by atoms with Crippen molar-refractivity contribution in [3.05, 3.63) is 0 Å². The van der Waals surface area contributed by atoms with Gasteiger partial charge in [0.1, 0.15) is 5.78 Å². The van der Waals surface area contributed by atoms with Crippen LogP contribution in [-0.4, -0.2) is 31.4 Å². The van der Waals surface area contributed by atoms with Crippen molar-refractivity contribution in [2.45, 2.75) is 44.9 Å². The van der Waals surface area contributed by atoms with Crippen LogP contribution in [0.2, 0.25) is 0 Å². The largest absolute Gasteiger partial charge is 0.381 e. The van der Waals surface area contributed by atoms with Gasteiger partial charge in [0, 0.05) is 31.9 Å². The van der Waals surface area contributed by atoms with Gasteiger partial charge in [0.05, 0.1) is 6.61 Å². The maximum Gasteiger partial charge on any atom is 0.220 e. The lowest BCUT2D eigenvalue weighted by molar-refractivity contribution is -0.122. The first-order valence-corrected chi connectivity index (χ1v) is 7.13. The maximum absolute atomic E-state index is 11.6. The van der Waals surface area contributed by atoms with Gasteiger partial charge in [-0.15, -0.1) is 0 Å². The van der Waals surface area contributed by atoms with Gasteiger partial charge in [-0.05, 0) is 38.0 Å². The molecule has 0 spiro atoms. The molecule has 102 valence electrons. The van der Waals surface area contributed by atoms with E-state index in [1.54, 1.807) is 0 Å². The van der Waals surface area contributed by atoms with E-state index in [9.17, 15) is 9.59 Å². The molecule has 2 aliphatic rings. The summed E-state index contributed by atoms with van der Waals surface area (Å²) in [5, 5.41) is 2.94. The molecule has 0 aromatic heterocycles. The standard InChI is InChI=1S/C14H23NO3/c16-13(12-6-7-12)4-1-5-14(17)15-9-11-3-2-8-18-10-11/h11-12H,1-10H2,(H,15,17)/t11-/m0/s1. The number of hydrogen-bond donors (Lipinski definition) is 1. The number of nitrogens with one attached hydrogen (secondary N) is 1. The van der Waals surface area contributed by atoms with Gasteiger partial charge in [-0.1, -0.05) is 0 Å². The molecule has 4 nitrogen and oxygen atoms in total. The summed E-state index contributed by atoms with van der Waals surface area (Å²) in [5.41, 5.74) is 0. The van der Waals surface area contributed by atoms with Crippen LogP contribution < -0.4 is 5.32 Å². The predicted octanol–water partition coefficient (Wildman–Crippen LogP) is 1.68. The van der Waals surface area contributed by atoms with Gasteiger partial charge in [-0.25, -0.2) is 0 Å². The minimum absolute atomic E-state index is 0.0733. The molecule has 1 aliphatic heterocycles. The van der Waals surface area contributed by atoms with E-state index in [1.807, 2.05) is 0 Å². The Morgan fingerprint density at radius 3 is 2.67 bits per heavy atom. The molecule has 2 rings (SSSR count). The number of carbonyl (C=O) groups is 2. The zero-order chi connectivity index (χ0) is 12.8. The van der Waals surface area contributed by atoms with Crippen molar-refractivity contribution in [2.75, 3.05) is 19.8 Å². The van der Waals surface area contributed by atoms with Crippen molar-refractivity contribution < 1.29 is 14.3 Å². The molecular formula is C14H23NO3. The topological polar surface area (TPSA) is 55.4 Å². The number of ether oxygens (including phenoxy) is 1. The second-order valence-corrected chi connectivity index (χ2v) is 5.48. The number of ketones is 1. The van der Waals surface area contributed by atoms with E-state index >= 15 is 0 Å². The molecule has 1 heterocycles. The Kier molecular flexibility index (Phi) is 5.17. The van der Waals surface area contributed by atoms with E-state index in [0.717, 1.165) is 45.4 Å². The lowest BCUT2D eigenvalue weighted by atomic mass is 10.0. The normalized spacial score (nSPS) is 23.7. The zero-order valence-electron chi connectivity index (χ0n) is 11.0. The molecule has 1 aliphatic carbocycles. The Bertz CT molecular complexity index is 293. The summed E-state index contributed by atoms with van der Waals surface area (Å²) in [7, 11) is 0. The fourth-order valence-corrected chi connectivity index (χ4v) is 2.35. The van der Waals surface area contributed by atoms with Crippen LogP contribution in [0.25, 0.3) is 0 Å². The average molecular weight is 253 g/mol. The summed E-state index contributed by atoms with van der Waals surface area (Å²) in [4.78, 5) is 23.0. The summed E-state index contributed by atoms with van der Waals surface area (Å²) in [6, 6.07) is 0. The van der Waals surface area contributed by atoms with Crippen molar-refractivity contribution in [2.24, 2.45) is 11.8 Å². The molecule has 2 fully saturated rings. The third-order valence-corrected chi connectivity index (χ3v) is 3.70. The van der Waals surface area contributed by atoms with Crippen LogP contribution in [0, 0.1) is 11.8 Å². The first kappa shape index (κ1) is 13.5. The first-order valence-electron chi connectivity index (χ1n) is 7.13. The van der Waals surface area contributed by atoms with Gasteiger partial charge in [0.15, 0.2) is 0 Å². The molecule has 0 bridgehead atoms. The van der Waals surface area contributed by atoms with Crippen LogP contribution >= 0.6 is 0 Å². The number of rotatable bonds is 7. The average Bonchev–Trinajstić information content (AvgIpc) is 3.22. The van der Waals surface area contributed by atoms with Crippen LogP contribution in [-0.2, 0) is 14.3 Å². The third-order valence-electron chi connectivity index (χ3n) is 3.70. The Balaban J connectivity index is 1.50. The van der Waals surface area contributed by atoms with Gasteiger partial charge in [0.25, 0.3) is 0 Å². The van der Waals surface area contributed by atoms with Gasteiger partial charge in [0.2, 0.25) is 5.91 Å². The number of Topliss-reactive ketones (excluding diaryl/α,β-unsaturated/α-hetero) is 1. The van der Waals surface area contributed by atoms with Crippen LogP contribution in [0.1, 0.15) is 44.9 Å². The Labute approximate surface area is 108 Å². The van der Waals surface area contributed by atoms with Crippen LogP contribution in [0.15, 0.2) is 0 Å². The van der Waals surface area contributed by atoms with Crippen LogP contribution in [0.4, 0.5) is 0 Å². The summed E-state index contributed by atoms with van der Waals surface area (Å²) in [6.07, 6.45) is 6.11. The summed E-state index contributed by atoms with van der Waals surface area (Å²) in [6.45, 7) is 2.34. The van der Waals surface area contributed by atoms with E-state index in [0.29, 0.717) is 36.9 Å². The minimum atomic E-state index is 0.0733. The molecule has 1 N–H and O–H groups in total. The summed E-state index contributed by atoms with van der Waals surface area (Å²) < 4.78 is 5.36. The van der Waals surface area contributed by atoms with Crippen molar-refractivity contribution in [3.63, 3.8) is 0 Å². The molecule has 1 amide bonds. The van der Waals surface area contributed by atoms with Crippen LogP contribution in [0.3, 0.4) is 0 Å². The van der Waals surface area contributed by atoms with E-state index in [-0.39, 0.29) is 5.91 Å². The van der Waals surface area contributed by atoms with Gasteiger partial charge >= 0.3 is 0 Å². The van der Waals surface area contributed by atoms with Crippen LogP contribution in [0.5, 0.6) is 0 Å². The SMILES string of the molecule is O=C(CCCC(=O)C1CC1)NC[C@@H]1CCCOC1. The molecule has 0 aromatic carbocycles. The zero-order valence-corrected chi connectivity index (χ0v) is 11.0. The molecule has 0 unspecified atom stereocenters. The molecule has 0 aromatic rings. The second kappa shape index (κ2) is 6.88. The fraction of sp³-hybridized carbons (Fsp3) is 0.857. The molecule has 1 atom stereocenters. The van der Waals surface area contributed by atoms with E-state index < -0.39 is 0 Å². The Hall–Kier alpha value is -0.900. The minimum Gasteiger partial charge on any atom is -0.381 e. The molecule has 4 heteroatoms. The highest BCUT2D eigenvalue weighted by molar-refractivity contribution is 5.83. The van der Waals surface area contributed by atoms with E-state index in [2.05, 4.69) is 5.32 Å². The Morgan fingerprint density at radius 1 is 1.17 bits per heavy atom. The molecule has 0 radical (unpaired) electrons. The molecule has 1 saturated carbocycles. The second-order valence-electron chi connectivity index (χ2n) is 5.48. The first-order chi connectivity index (χ1) is 8.75. The van der Waals surface area contributed by atoms with Gasteiger partial charge in [-0.2, -0.15) is 0 Å². The quantitative estimate of drug-likeness (QED) is 0.751. The summed E-state index contributed by atoms with van der Waals surface area (Å²) >= 11 is 0. The van der Waals surface area contributed by atoms with Gasteiger partial charge < -0.3 is 10.1 Å². The highest BCUT2D eigenvalue weighted by atomic mass is 16.5. The predicted molar refractivity (Wildman–Crippen MR) is 68.1 cm³/mol. The third kappa shape index (κ3) is 4.77.